The molecule has 252 valence electrons. The van der Waals surface area contributed by atoms with Gasteiger partial charge in [0.1, 0.15) is 8.07 Å². The van der Waals surface area contributed by atoms with Gasteiger partial charge in [-0.2, -0.15) is 0 Å². The van der Waals surface area contributed by atoms with E-state index in [9.17, 15) is 9.59 Å². The van der Waals surface area contributed by atoms with E-state index >= 15 is 0 Å². The normalized spacial score (nSPS) is 21.4. The number of carbonyl (C=O) groups excluding carboxylic acids is 2. The molecule has 0 N–H and O–H groups in total. The van der Waals surface area contributed by atoms with Crippen LogP contribution in [0.25, 0.3) is 35.1 Å². The van der Waals surface area contributed by atoms with E-state index in [0.29, 0.717) is 5.57 Å². The lowest BCUT2D eigenvalue weighted by atomic mass is 9.88. The molecular weight excluding hydrogens is 639 g/mol. The van der Waals surface area contributed by atoms with Gasteiger partial charge in [0.25, 0.3) is 0 Å². The van der Waals surface area contributed by atoms with Crippen molar-refractivity contribution in [2.75, 3.05) is 4.90 Å². The Bertz CT molecular complexity index is 2440. The van der Waals surface area contributed by atoms with E-state index in [2.05, 4.69) is 124 Å². The van der Waals surface area contributed by atoms with Gasteiger partial charge in [0, 0.05) is 11.4 Å². The molecule has 1 aliphatic heterocycles. The first-order valence-electron chi connectivity index (χ1n) is 18.3. The van der Waals surface area contributed by atoms with E-state index in [1.807, 2.05) is 42.5 Å². The van der Waals surface area contributed by atoms with Crippen LogP contribution in [0.15, 0.2) is 114 Å². The zero-order chi connectivity index (χ0) is 35.2. The molecule has 0 aromatic heterocycles. The number of hydrogen-bond donors (Lipinski definition) is 0. The van der Waals surface area contributed by atoms with E-state index in [1.165, 1.54) is 49.2 Å². The molecule has 1 fully saturated rings. The fourth-order valence-corrected chi connectivity index (χ4v) is 12.3. The summed E-state index contributed by atoms with van der Waals surface area (Å²) in [6, 6.07) is 37.6. The third-order valence-electron chi connectivity index (χ3n) is 11.6. The van der Waals surface area contributed by atoms with Crippen LogP contribution in [-0.2, 0) is 22.4 Å². The maximum atomic E-state index is 13.6. The molecule has 9 rings (SSSR count). The summed E-state index contributed by atoms with van der Waals surface area (Å²) >= 11 is 0. The summed E-state index contributed by atoms with van der Waals surface area (Å²) in [6.07, 6.45) is 10.2. The molecule has 3 nitrogen and oxygen atoms in total. The second-order valence-electron chi connectivity index (χ2n) is 16.7. The zero-order valence-electron chi connectivity index (χ0n) is 30.0. The summed E-state index contributed by atoms with van der Waals surface area (Å²) in [6.45, 7) is 11.9. The quantitative estimate of drug-likeness (QED) is 0.110. The summed E-state index contributed by atoms with van der Waals surface area (Å²) in [7, 11) is -2.12. The molecule has 5 aromatic rings. The summed E-state index contributed by atoms with van der Waals surface area (Å²) in [5.41, 5.74) is 7.87. The van der Waals surface area contributed by atoms with Gasteiger partial charge in [-0.1, -0.05) is 136 Å². The first-order chi connectivity index (χ1) is 24.4. The van der Waals surface area contributed by atoms with Crippen LogP contribution in [0.5, 0.6) is 0 Å². The third-order valence-corrected chi connectivity index (χ3v) is 15.2. The van der Waals surface area contributed by atoms with E-state index in [-0.39, 0.29) is 23.0 Å². The van der Waals surface area contributed by atoms with Gasteiger partial charge < -0.3 is 4.90 Å². The lowest BCUT2D eigenvalue weighted by Crippen LogP contribution is -2.59. The highest BCUT2D eigenvalue weighted by atomic mass is 28.3. The van der Waals surface area contributed by atoms with Crippen molar-refractivity contribution in [1.29, 1.82) is 0 Å². The molecule has 0 radical (unpaired) electrons. The van der Waals surface area contributed by atoms with Crippen LogP contribution < -0.4 is 20.5 Å². The molecule has 4 heteroatoms. The Morgan fingerprint density at radius 1 is 0.765 bits per heavy atom. The summed E-state index contributed by atoms with van der Waals surface area (Å²) in [5.74, 6) is -0.975. The number of fused-ring (bicyclic) bond motifs is 6. The average Bonchev–Trinajstić information content (AvgIpc) is 3.33. The highest BCUT2D eigenvalue weighted by molar-refractivity contribution is 6.98. The van der Waals surface area contributed by atoms with Gasteiger partial charge in [-0.25, -0.2) is 0 Å². The first-order valence-corrected chi connectivity index (χ1v) is 21.3. The van der Waals surface area contributed by atoms with Gasteiger partial charge in [-0.3, -0.25) is 9.59 Å². The number of hydrogen-bond acceptors (Lipinski definition) is 3. The van der Waals surface area contributed by atoms with Gasteiger partial charge in [0.2, 0.25) is 0 Å². The molecule has 0 bridgehead atoms. The van der Waals surface area contributed by atoms with Crippen LogP contribution >= 0.6 is 0 Å². The average molecular weight is 682 g/mol. The number of allylic oxidation sites excluding steroid dienone is 1. The monoisotopic (exact) mass is 681 g/mol. The molecule has 1 saturated carbocycles. The van der Waals surface area contributed by atoms with Gasteiger partial charge >= 0.3 is 0 Å². The minimum Gasteiger partial charge on any atom is -0.334 e. The van der Waals surface area contributed by atoms with Crippen molar-refractivity contribution in [1.82, 2.24) is 0 Å². The van der Waals surface area contributed by atoms with Crippen molar-refractivity contribution in [3.05, 3.63) is 147 Å². The SMILES string of the molecule is CC(C)(C)Cc1ccc(N2c3cc4ccccc4cc3[Si](C)(C)C3=Cc4cc(C=C5C(=O)C6C=c7ccccc7=CC6C5=O)ccc4CC32)cc1. The van der Waals surface area contributed by atoms with Crippen LogP contribution in [0.2, 0.25) is 13.1 Å². The van der Waals surface area contributed by atoms with E-state index in [0.717, 1.165) is 28.8 Å². The lowest BCUT2D eigenvalue weighted by molar-refractivity contribution is -0.117. The Hall–Kier alpha value is -5.06. The molecule has 1 heterocycles. The Balaban J connectivity index is 1.13. The molecule has 0 amide bonds. The molecule has 0 spiro atoms. The van der Waals surface area contributed by atoms with Gasteiger partial charge in [-0.05, 0) is 97.2 Å². The minimum absolute atomic E-state index is 0.0688. The van der Waals surface area contributed by atoms with Crippen LogP contribution in [0, 0.1) is 17.3 Å². The van der Waals surface area contributed by atoms with E-state index in [1.54, 1.807) is 0 Å². The van der Waals surface area contributed by atoms with Crippen LogP contribution in [0.1, 0.15) is 43.0 Å². The van der Waals surface area contributed by atoms with E-state index < -0.39 is 19.9 Å². The second-order valence-corrected chi connectivity index (χ2v) is 21.1. The standard InChI is InChI=1S/C47H43NO2Si/c1-47(2,3)28-29-15-18-37(19-16-29)48-41-24-33-12-8-9-13-34(33)26-43(41)51(4,5)44-27-36-20-30(14-17-35(36)25-42(44)48)21-40-45(49)38-22-31-10-6-7-11-32(31)23-39(38)46(40)50/h6-24,26-27,38-39,42H,25,28H2,1-5H3. The van der Waals surface area contributed by atoms with Gasteiger partial charge in [0.15, 0.2) is 11.6 Å². The molecule has 51 heavy (non-hydrogen) atoms. The number of Topliss-reactive ketones (excluding diaryl/α,β-unsaturated/α-hetero) is 2. The largest absolute Gasteiger partial charge is 0.334 e. The molecule has 3 atom stereocenters. The van der Waals surface area contributed by atoms with Gasteiger partial charge in [-0.15, -0.1) is 0 Å². The maximum Gasteiger partial charge on any atom is 0.174 e. The summed E-state index contributed by atoms with van der Waals surface area (Å²) in [5, 5.41) is 7.58. The molecular formula is C47H43NO2Si. The summed E-state index contributed by atoms with van der Waals surface area (Å²) < 4.78 is 0. The fourth-order valence-electron chi connectivity index (χ4n) is 9.07. The fraction of sp³-hybridized carbons (Fsp3) is 0.234. The number of rotatable bonds is 3. The number of anilines is 2. The smallest absolute Gasteiger partial charge is 0.174 e. The highest BCUT2D eigenvalue weighted by Gasteiger charge is 2.46. The second kappa shape index (κ2) is 11.5. The van der Waals surface area contributed by atoms with Crippen molar-refractivity contribution in [2.45, 2.75) is 52.7 Å². The summed E-state index contributed by atoms with van der Waals surface area (Å²) in [4.78, 5) is 29.9. The molecule has 3 unspecified atom stereocenters. The minimum atomic E-state index is -2.12. The molecule has 0 saturated heterocycles. The lowest BCUT2D eigenvalue weighted by Gasteiger charge is -2.49. The Morgan fingerprint density at radius 2 is 1.39 bits per heavy atom. The van der Waals surface area contributed by atoms with E-state index in [4.69, 9.17) is 0 Å². The van der Waals surface area contributed by atoms with Gasteiger partial charge in [0.05, 0.1) is 23.5 Å². The van der Waals surface area contributed by atoms with Crippen molar-refractivity contribution < 1.29 is 9.59 Å². The number of benzene rings is 5. The maximum absolute atomic E-state index is 13.6. The predicted octanol–water partition coefficient (Wildman–Crippen LogP) is 8.09. The number of nitrogens with zero attached hydrogens (tertiary/aromatic N) is 1. The number of carbonyl (C=O) groups is 2. The molecule has 4 aliphatic rings. The highest BCUT2D eigenvalue weighted by Crippen LogP contribution is 2.45. The van der Waals surface area contributed by atoms with Crippen molar-refractivity contribution >= 4 is 71.3 Å². The topological polar surface area (TPSA) is 37.4 Å². The van der Waals surface area contributed by atoms with Crippen molar-refractivity contribution in [3.8, 4) is 0 Å². The first kappa shape index (κ1) is 31.9. The Labute approximate surface area is 301 Å². The molecule has 5 aromatic carbocycles. The van der Waals surface area contributed by atoms with Crippen molar-refractivity contribution in [3.63, 3.8) is 0 Å². The van der Waals surface area contributed by atoms with Crippen molar-refractivity contribution in [2.24, 2.45) is 17.3 Å². The Morgan fingerprint density at radius 3 is 2.04 bits per heavy atom. The third kappa shape index (κ3) is 5.31. The predicted molar refractivity (Wildman–Crippen MR) is 214 cm³/mol. The van der Waals surface area contributed by atoms with Crippen LogP contribution in [0.3, 0.4) is 0 Å². The molecule has 3 aliphatic carbocycles. The zero-order valence-corrected chi connectivity index (χ0v) is 31.0. The van der Waals surface area contributed by atoms with Crippen LogP contribution in [0.4, 0.5) is 11.4 Å². The number of ketones is 2. The van der Waals surface area contributed by atoms with Crippen LogP contribution in [-0.4, -0.2) is 25.7 Å². The Kier molecular flexibility index (Phi) is 7.18.